The first kappa shape index (κ1) is 11.9. The van der Waals surface area contributed by atoms with Gasteiger partial charge in [-0.1, -0.05) is 0 Å². The minimum Gasteiger partial charge on any atom is -0.481 e. The van der Waals surface area contributed by atoms with Gasteiger partial charge in [-0.15, -0.1) is 0 Å². The topological polar surface area (TPSA) is 95.9 Å². The Morgan fingerprint density at radius 1 is 1.15 bits per heavy atom. The Bertz CT molecular complexity index is 152. The molecule has 0 spiro atoms. The maximum atomic E-state index is 10.0. The number of nitrogens with one attached hydrogen (secondary N) is 1. The second-order valence-corrected chi connectivity index (χ2v) is 2.33. The summed E-state index contributed by atoms with van der Waals surface area (Å²) >= 11 is 0. The number of aliphatic carboxylic acids is 2. The Kier molecular flexibility index (Phi) is 6.85. The van der Waals surface area contributed by atoms with Crippen LogP contribution in [0.4, 0.5) is 0 Å². The molecule has 0 saturated heterocycles. The van der Waals surface area contributed by atoms with Gasteiger partial charge in [0.2, 0.25) is 0 Å². The molecule has 0 radical (unpaired) electrons. The number of hydrogen-bond acceptors (Lipinski definition) is 4. The fraction of sp³-hybridized carbons (Fsp3) is 0.714. The fourth-order valence-corrected chi connectivity index (χ4v) is 0.601. The molecule has 0 amide bonds. The third-order valence-corrected chi connectivity index (χ3v) is 1.16. The molecule has 0 saturated carbocycles. The van der Waals surface area contributed by atoms with Gasteiger partial charge in [-0.05, 0) is 0 Å². The van der Waals surface area contributed by atoms with E-state index in [9.17, 15) is 9.59 Å². The van der Waals surface area contributed by atoms with Crippen LogP contribution in [0.5, 0.6) is 0 Å². The highest BCUT2D eigenvalue weighted by atomic mass is 16.5. The second kappa shape index (κ2) is 7.51. The van der Waals surface area contributed by atoms with Crippen LogP contribution in [0, 0.1) is 0 Å². The van der Waals surface area contributed by atoms with E-state index in [1.54, 1.807) is 0 Å². The average Bonchev–Trinajstić information content (AvgIpc) is 2.01. The normalized spacial score (nSPS) is 9.85. The highest BCUT2D eigenvalue weighted by molar-refractivity contribution is 5.69. The second-order valence-electron chi connectivity index (χ2n) is 2.33. The van der Waals surface area contributed by atoms with E-state index < -0.39 is 11.9 Å². The molecule has 0 rings (SSSR count). The van der Waals surface area contributed by atoms with Gasteiger partial charge < -0.3 is 20.3 Å². The van der Waals surface area contributed by atoms with Gasteiger partial charge in [-0.25, -0.2) is 0 Å². The molecule has 0 fully saturated rings. The minimum atomic E-state index is -0.925. The lowest BCUT2D eigenvalue weighted by molar-refractivity contribution is -0.138. The van der Waals surface area contributed by atoms with E-state index in [4.69, 9.17) is 14.9 Å². The zero-order valence-electron chi connectivity index (χ0n) is 7.15. The van der Waals surface area contributed by atoms with Crippen molar-refractivity contribution in [3.8, 4) is 0 Å². The van der Waals surface area contributed by atoms with E-state index in [1.807, 2.05) is 0 Å². The van der Waals surface area contributed by atoms with E-state index in [-0.39, 0.29) is 19.6 Å². The maximum absolute atomic E-state index is 10.0. The van der Waals surface area contributed by atoms with E-state index in [0.717, 1.165) is 0 Å². The van der Waals surface area contributed by atoms with E-state index in [2.05, 4.69) is 5.32 Å². The van der Waals surface area contributed by atoms with E-state index in [1.165, 1.54) is 0 Å². The summed E-state index contributed by atoms with van der Waals surface area (Å²) < 4.78 is 4.89. The molecule has 0 aliphatic rings. The van der Waals surface area contributed by atoms with Crippen molar-refractivity contribution < 1.29 is 24.5 Å². The molecule has 0 unspecified atom stereocenters. The van der Waals surface area contributed by atoms with Crippen LogP contribution in [-0.4, -0.2) is 48.5 Å². The molecule has 0 heterocycles. The van der Waals surface area contributed by atoms with Crippen molar-refractivity contribution >= 4 is 11.9 Å². The molecule has 3 N–H and O–H groups in total. The summed E-state index contributed by atoms with van der Waals surface area (Å²) in [4.78, 5) is 20.0. The molecule has 0 atom stereocenters. The number of carboxylic acids is 2. The largest absolute Gasteiger partial charge is 0.481 e. The predicted molar refractivity (Wildman–Crippen MR) is 43.6 cm³/mol. The Morgan fingerprint density at radius 2 is 1.85 bits per heavy atom. The SMILES string of the molecule is O=C(O)CCOCCNCC(=O)O. The first-order valence-electron chi connectivity index (χ1n) is 3.85. The van der Waals surface area contributed by atoms with Gasteiger partial charge in [0.05, 0.1) is 26.2 Å². The number of carboxylic acid groups (broad SMARTS) is 2. The summed E-state index contributed by atoms with van der Waals surface area (Å²) in [6.07, 6.45) is -0.0288. The van der Waals surface area contributed by atoms with Crippen molar-refractivity contribution in [3.63, 3.8) is 0 Å². The van der Waals surface area contributed by atoms with Crippen LogP contribution in [0.2, 0.25) is 0 Å². The van der Waals surface area contributed by atoms with Gasteiger partial charge in [-0.3, -0.25) is 9.59 Å². The van der Waals surface area contributed by atoms with Crippen molar-refractivity contribution in [2.45, 2.75) is 6.42 Å². The van der Waals surface area contributed by atoms with Crippen molar-refractivity contribution in [1.29, 1.82) is 0 Å². The summed E-state index contributed by atoms with van der Waals surface area (Å²) in [5.41, 5.74) is 0. The third-order valence-electron chi connectivity index (χ3n) is 1.16. The molecule has 76 valence electrons. The van der Waals surface area contributed by atoms with Crippen LogP contribution in [0.3, 0.4) is 0 Å². The Hall–Kier alpha value is -1.14. The molecular formula is C7H13NO5. The fourth-order valence-electron chi connectivity index (χ4n) is 0.601. The van der Waals surface area contributed by atoms with Crippen molar-refractivity contribution in [2.75, 3.05) is 26.3 Å². The zero-order valence-corrected chi connectivity index (χ0v) is 7.15. The van der Waals surface area contributed by atoms with Crippen LogP contribution < -0.4 is 5.32 Å². The Balaban J connectivity index is 3.00. The van der Waals surface area contributed by atoms with Gasteiger partial charge in [0, 0.05) is 6.54 Å². The van der Waals surface area contributed by atoms with Crippen LogP contribution >= 0.6 is 0 Å². The smallest absolute Gasteiger partial charge is 0.317 e. The molecule has 6 heteroatoms. The van der Waals surface area contributed by atoms with Gasteiger partial charge in [0.1, 0.15) is 0 Å². The molecular weight excluding hydrogens is 178 g/mol. The van der Waals surface area contributed by atoms with Crippen molar-refractivity contribution in [2.24, 2.45) is 0 Å². The lowest BCUT2D eigenvalue weighted by Crippen LogP contribution is -2.26. The summed E-state index contributed by atoms with van der Waals surface area (Å²) in [5.74, 6) is -1.83. The molecule has 6 nitrogen and oxygen atoms in total. The number of rotatable bonds is 8. The highest BCUT2D eigenvalue weighted by Gasteiger charge is 1.97. The summed E-state index contributed by atoms with van der Waals surface area (Å²) in [7, 11) is 0. The van der Waals surface area contributed by atoms with Gasteiger partial charge in [0.25, 0.3) is 0 Å². The van der Waals surface area contributed by atoms with Crippen LogP contribution in [0.15, 0.2) is 0 Å². The highest BCUT2D eigenvalue weighted by Crippen LogP contribution is 1.81. The van der Waals surface area contributed by atoms with Gasteiger partial charge in [-0.2, -0.15) is 0 Å². The predicted octanol–water partition coefficient (Wildman–Crippen LogP) is -0.848. The van der Waals surface area contributed by atoms with E-state index >= 15 is 0 Å². The van der Waals surface area contributed by atoms with E-state index in [0.29, 0.717) is 13.2 Å². The molecule has 0 aliphatic heterocycles. The minimum absolute atomic E-state index is 0.0288. The lowest BCUT2D eigenvalue weighted by Gasteiger charge is -2.02. The van der Waals surface area contributed by atoms with Crippen LogP contribution in [-0.2, 0) is 14.3 Å². The van der Waals surface area contributed by atoms with Crippen molar-refractivity contribution in [3.05, 3.63) is 0 Å². The molecule has 0 bridgehead atoms. The first-order chi connectivity index (χ1) is 6.13. The standard InChI is InChI=1S/C7H13NO5/c9-6(10)1-3-13-4-2-8-5-7(11)12/h8H,1-5H2,(H,9,10)(H,11,12). The Morgan fingerprint density at radius 3 is 2.38 bits per heavy atom. The molecule has 0 aliphatic carbocycles. The summed E-state index contributed by atoms with van der Waals surface area (Å²) in [6, 6.07) is 0. The van der Waals surface area contributed by atoms with Crippen LogP contribution in [0.25, 0.3) is 0 Å². The van der Waals surface area contributed by atoms with Crippen LogP contribution in [0.1, 0.15) is 6.42 Å². The lowest BCUT2D eigenvalue weighted by atomic mass is 10.5. The number of ether oxygens (including phenoxy) is 1. The third kappa shape index (κ3) is 10.9. The molecule has 0 aromatic heterocycles. The quantitative estimate of drug-likeness (QED) is 0.432. The summed E-state index contributed by atoms with van der Waals surface area (Å²) in [5, 5.41) is 19.0. The molecule has 0 aromatic rings. The number of hydrogen-bond donors (Lipinski definition) is 3. The average molecular weight is 191 g/mol. The number of carbonyl (C=O) groups is 2. The first-order valence-corrected chi connectivity index (χ1v) is 3.85. The Labute approximate surface area is 75.5 Å². The van der Waals surface area contributed by atoms with Gasteiger partial charge in [0.15, 0.2) is 0 Å². The monoisotopic (exact) mass is 191 g/mol. The molecule has 13 heavy (non-hydrogen) atoms. The van der Waals surface area contributed by atoms with Gasteiger partial charge >= 0.3 is 11.9 Å². The summed E-state index contributed by atoms with van der Waals surface area (Å²) in [6.45, 7) is 0.777. The molecule has 0 aromatic carbocycles. The maximum Gasteiger partial charge on any atom is 0.317 e. The van der Waals surface area contributed by atoms with Crippen molar-refractivity contribution in [1.82, 2.24) is 5.32 Å². The zero-order chi connectivity index (χ0) is 10.1.